The number of hydrogen-bond donors (Lipinski definition) is 1. The molecule has 1 unspecified atom stereocenters. The number of aromatic nitrogens is 2. The van der Waals surface area contributed by atoms with Crippen LogP contribution in [0.5, 0.6) is 0 Å². The van der Waals surface area contributed by atoms with E-state index < -0.39 is 9.84 Å². The highest BCUT2D eigenvalue weighted by Crippen LogP contribution is 2.20. The van der Waals surface area contributed by atoms with Crippen LogP contribution in [0.3, 0.4) is 0 Å². The van der Waals surface area contributed by atoms with Crippen LogP contribution in [0.25, 0.3) is 0 Å². The van der Waals surface area contributed by atoms with E-state index in [0.29, 0.717) is 12.3 Å². The lowest BCUT2D eigenvalue weighted by atomic mass is 10.2. The molecule has 1 aromatic rings. The first-order valence-corrected chi connectivity index (χ1v) is 7.31. The van der Waals surface area contributed by atoms with E-state index in [1.807, 2.05) is 17.7 Å². The number of rotatable bonds is 4. The molecule has 16 heavy (non-hydrogen) atoms. The fourth-order valence-electron chi connectivity index (χ4n) is 2.02. The molecule has 1 fully saturated rings. The molecule has 1 aliphatic rings. The minimum Gasteiger partial charge on any atom is -0.354 e. The van der Waals surface area contributed by atoms with Crippen LogP contribution in [0, 0.1) is 0 Å². The quantitative estimate of drug-likeness (QED) is 0.853. The Bertz CT molecular complexity index is 452. The van der Waals surface area contributed by atoms with Crippen molar-refractivity contribution in [3.63, 3.8) is 0 Å². The van der Waals surface area contributed by atoms with Gasteiger partial charge in [-0.25, -0.2) is 13.4 Å². The van der Waals surface area contributed by atoms with Gasteiger partial charge < -0.3 is 9.88 Å². The van der Waals surface area contributed by atoms with E-state index in [4.69, 9.17) is 0 Å². The van der Waals surface area contributed by atoms with Gasteiger partial charge in [-0.3, -0.25) is 0 Å². The molecule has 5 nitrogen and oxygen atoms in total. The Labute approximate surface area is 95.8 Å². The molecule has 0 spiro atoms. The van der Waals surface area contributed by atoms with Crippen LogP contribution in [0.4, 0.5) is 5.95 Å². The molecule has 0 aromatic carbocycles. The molecule has 0 amide bonds. The fraction of sp³-hybridized carbons (Fsp3) is 0.700. The van der Waals surface area contributed by atoms with E-state index in [2.05, 4.69) is 10.3 Å². The summed E-state index contributed by atoms with van der Waals surface area (Å²) in [6.07, 6.45) is 5.15. The van der Waals surface area contributed by atoms with Gasteiger partial charge in [0.15, 0.2) is 9.84 Å². The summed E-state index contributed by atoms with van der Waals surface area (Å²) >= 11 is 0. The maximum atomic E-state index is 11.6. The second-order valence-corrected chi connectivity index (χ2v) is 6.45. The molecule has 2 heterocycles. The molecule has 6 heteroatoms. The van der Waals surface area contributed by atoms with Crippen LogP contribution in [0.15, 0.2) is 12.4 Å². The van der Waals surface area contributed by atoms with Crippen molar-refractivity contribution in [3.05, 3.63) is 12.4 Å². The number of hydrogen-bond acceptors (Lipinski definition) is 4. The van der Waals surface area contributed by atoms with Crippen molar-refractivity contribution in [2.75, 3.05) is 17.6 Å². The monoisotopic (exact) mass is 243 g/mol. The van der Waals surface area contributed by atoms with Crippen LogP contribution in [-0.2, 0) is 16.4 Å². The zero-order valence-electron chi connectivity index (χ0n) is 9.39. The Morgan fingerprint density at radius 3 is 3.06 bits per heavy atom. The van der Waals surface area contributed by atoms with Gasteiger partial charge >= 0.3 is 0 Å². The third-order valence-electron chi connectivity index (χ3n) is 3.01. The molecular formula is C10H17N3O2S. The van der Waals surface area contributed by atoms with Gasteiger partial charge in [0.1, 0.15) is 0 Å². The Balaban J connectivity index is 1.98. The van der Waals surface area contributed by atoms with E-state index in [9.17, 15) is 8.42 Å². The number of aryl methyl sites for hydroxylation is 1. The van der Waals surface area contributed by atoms with Gasteiger partial charge in [0.25, 0.3) is 0 Å². The van der Waals surface area contributed by atoms with E-state index in [1.54, 1.807) is 6.20 Å². The second kappa shape index (κ2) is 4.45. The summed E-state index contributed by atoms with van der Waals surface area (Å²) in [7, 11) is -2.86. The topological polar surface area (TPSA) is 64.0 Å². The van der Waals surface area contributed by atoms with Crippen LogP contribution in [-0.4, -0.2) is 35.5 Å². The molecule has 0 aliphatic carbocycles. The van der Waals surface area contributed by atoms with Gasteiger partial charge in [-0.05, 0) is 19.8 Å². The van der Waals surface area contributed by atoms with E-state index in [0.717, 1.165) is 25.3 Å². The maximum Gasteiger partial charge on any atom is 0.202 e. The van der Waals surface area contributed by atoms with Crippen molar-refractivity contribution in [2.24, 2.45) is 0 Å². The summed E-state index contributed by atoms with van der Waals surface area (Å²) in [6, 6.07) is 0. The molecule has 2 rings (SSSR count). The molecule has 0 bridgehead atoms. The molecule has 1 atom stereocenters. The average Bonchev–Trinajstić information content (AvgIpc) is 2.81. The highest BCUT2D eigenvalue weighted by molar-refractivity contribution is 7.92. The van der Waals surface area contributed by atoms with Crippen molar-refractivity contribution in [2.45, 2.75) is 31.6 Å². The lowest BCUT2D eigenvalue weighted by molar-refractivity contribution is 0.591. The van der Waals surface area contributed by atoms with Gasteiger partial charge in [-0.1, -0.05) is 0 Å². The zero-order valence-corrected chi connectivity index (χ0v) is 10.2. The van der Waals surface area contributed by atoms with Gasteiger partial charge in [0.2, 0.25) is 5.95 Å². The summed E-state index contributed by atoms with van der Waals surface area (Å²) < 4.78 is 25.2. The fourth-order valence-corrected chi connectivity index (χ4v) is 3.79. The largest absolute Gasteiger partial charge is 0.354 e. The van der Waals surface area contributed by atoms with E-state index in [-0.39, 0.29) is 5.25 Å². The highest BCUT2D eigenvalue weighted by atomic mass is 32.2. The Morgan fingerprint density at radius 1 is 1.62 bits per heavy atom. The zero-order chi connectivity index (χ0) is 11.6. The van der Waals surface area contributed by atoms with Gasteiger partial charge in [0.05, 0.1) is 11.0 Å². The highest BCUT2D eigenvalue weighted by Gasteiger charge is 2.31. The first kappa shape index (κ1) is 11.4. The normalized spacial score (nSPS) is 23.4. The van der Waals surface area contributed by atoms with Crippen molar-refractivity contribution in [1.29, 1.82) is 0 Å². The minimum absolute atomic E-state index is 0.241. The third-order valence-corrected chi connectivity index (χ3v) is 5.28. The van der Waals surface area contributed by atoms with E-state index in [1.165, 1.54) is 0 Å². The molecular weight excluding hydrogens is 226 g/mol. The lowest BCUT2D eigenvalue weighted by Crippen LogP contribution is -2.26. The molecule has 1 aromatic heterocycles. The molecule has 90 valence electrons. The summed E-state index contributed by atoms with van der Waals surface area (Å²) in [5.41, 5.74) is 0. The molecule has 1 aliphatic heterocycles. The summed E-state index contributed by atoms with van der Waals surface area (Å²) in [5.74, 6) is 1.09. The lowest BCUT2D eigenvalue weighted by Gasteiger charge is -2.12. The summed E-state index contributed by atoms with van der Waals surface area (Å²) in [6.45, 7) is 3.33. The number of sulfone groups is 1. The standard InChI is InChI=1S/C10H17N3O2S/c1-2-13-6-5-11-10(13)12-8-9-4-3-7-16(9,14)15/h5-6,9H,2-4,7-8H2,1H3,(H,11,12). The number of anilines is 1. The van der Waals surface area contributed by atoms with Crippen LogP contribution < -0.4 is 5.32 Å². The first-order chi connectivity index (χ1) is 7.63. The Morgan fingerprint density at radius 2 is 2.44 bits per heavy atom. The maximum absolute atomic E-state index is 11.6. The van der Waals surface area contributed by atoms with Gasteiger partial charge in [-0.15, -0.1) is 0 Å². The van der Waals surface area contributed by atoms with Crippen LogP contribution in [0.2, 0.25) is 0 Å². The predicted octanol–water partition coefficient (Wildman–Crippen LogP) is 0.892. The van der Waals surface area contributed by atoms with Crippen molar-refractivity contribution < 1.29 is 8.42 Å². The van der Waals surface area contributed by atoms with Crippen molar-refractivity contribution >= 4 is 15.8 Å². The molecule has 1 saturated heterocycles. The smallest absolute Gasteiger partial charge is 0.202 e. The number of nitrogens with one attached hydrogen (secondary N) is 1. The molecule has 0 saturated carbocycles. The van der Waals surface area contributed by atoms with Crippen molar-refractivity contribution in [1.82, 2.24) is 9.55 Å². The average molecular weight is 243 g/mol. The minimum atomic E-state index is -2.86. The van der Waals surface area contributed by atoms with Crippen molar-refractivity contribution in [3.8, 4) is 0 Å². The molecule has 1 N–H and O–H groups in total. The van der Waals surface area contributed by atoms with Gasteiger partial charge in [-0.2, -0.15) is 0 Å². The first-order valence-electron chi connectivity index (χ1n) is 5.60. The van der Waals surface area contributed by atoms with Crippen LogP contribution in [0.1, 0.15) is 19.8 Å². The number of imidazole rings is 1. The Kier molecular flexibility index (Phi) is 3.18. The SMILES string of the molecule is CCn1ccnc1NCC1CCCS1(=O)=O. The summed E-state index contributed by atoms with van der Waals surface area (Å²) in [5, 5.41) is 2.87. The summed E-state index contributed by atoms with van der Waals surface area (Å²) in [4.78, 5) is 4.15. The van der Waals surface area contributed by atoms with E-state index >= 15 is 0 Å². The predicted molar refractivity (Wildman–Crippen MR) is 63.2 cm³/mol. The second-order valence-electron chi connectivity index (χ2n) is 4.05. The van der Waals surface area contributed by atoms with Gasteiger partial charge in [0, 0.05) is 25.5 Å². The molecule has 0 radical (unpaired) electrons. The van der Waals surface area contributed by atoms with Crippen LogP contribution >= 0.6 is 0 Å². The Hall–Kier alpha value is -1.04. The number of nitrogens with zero attached hydrogens (tertiary/aromatic N) is 2. The third kappa shape index (κ3) is 2.21.